The number of piperazine rings is 1. The minimum Gasteiger partial charge on any atom is -0.381 e. The van der Waals surface area contributed by atoms with Crippen LogP contribution in [0.5, 0.6) is 0 Å². The van der Waals surface area contributed by atoms with Gasteiger partial charge < -0.3 is 20.7 Å². The van der Waals surface area contributed by atoms with E-state index in [1.165, 1.54) is 16.6 Å². The molecule has 0 saturated carbocycles. The first-order valence-corrected chi connectivity index (χ1v) is 15.3. The Morgan fingerprint density at radius 2 is 1.95 bits per heavy atom. The van der Waals surface area contributed by atoms with Crippen LogP contribution in [0.4, 0.5) is 10.1 Å². The van der Waals surface area contributed by atoms with Crippen LogP contribution in [0.1, 0.15) is 30.4 Å². The lowest BCUT2D eigenvalue weighted by Gasteiger charge is -2.34. The molecule has 2 fully saturated rings. The summed E-state index contributed by atoms with van der Waals surface area (Å²) in [6, 6.07) is 11.3. The summed E-state index contributed by atoms with van der Waals surface area (Å²) in [5, 5.41) is 10.3. The Labute approximate surface area is 229 Å². The highest BCUT2D eigenvalue weighted by Crippen LogP contribution is 2.24. The third kappa shape index (κ3) is 7.97. The van der Waals surface area contributed by atoms with E-state index in [1.807, 2.05) is 12.1 Å². The molecule has 1 amide bonds. The predicted molar refractivity (Wildman–Crippen MR) is 147 cm³/mol. The van der Waals surface area contributed by atoms with Gasteiger partial charge in [-0.2, -0.15) is 4.31 Å². The minimum absolute atomic E-state index is 0.138. The van der Waals surface area contributed by atoms with Gasteiger partial charge in [-0.15, -0.1) is 0 Å². The zero-order valence-corrected chi connectivity index (χ0v) is 23.2. The molecule has 2 atom stereocenters. The normalized spacial score (nSPS) is 20.2. The quantitative estimate of drug-likeness (QED) is 0.409. The molecule has 0 aliphatic carbocycles. The number of amides is 1. The number of nitrogens with one attached hydrogen (secondary N) is 3. The second kappa shape index (κ2) is 13.3. The standard InChI is InChI=1S/C27H36ClFN4O4S/c1-38(35,36)33-14-13-30-18-22(33)9-10-23-24(29)3-2-4-25(23)32-27(34)26(31-21-11-15-37-16-12-21)17-19-5-7-20(28)8-6-19/h2-8,21-22,26,30-31H,9-18H2,1H3,(H,32,34)/t22-,26-/m0/s1. The Balaban J connectivity index is 1.49. The second-order valence-electron chi connectivity index (χ2n) is 9.96. The topological polar surface area (TPSA) is 99.8 Å². The summed E-state index contributed by atoms with van der Waals surface area (Å²) in [6.07, 6.45) is 3.98. The number of hydrogen-bond acceptors (Lipinski definition) is 6. The van der Waals surface area contributed by atoms with Crippen molar-refractivity contribution in [3.8, 4) is 0 Å². The van der Waals surface area contributed by atoms with Gasteiger partial charge in [-0.1, -0.05) is 29.8 Å². The lowest BCUT2D eigenvalue weighted by Crippen LogP contribution is -2.53. The summed E-state index contributed by atoms with van der Waals surface area (Å²) in [4.78, 5) is 13.6. The van der Waals surface area contributed by atoms with Gasteiger partial charge in [-0.25, -0.2) is 12.8 Å². The highest BCUT2D eigenvalue weighted by Gasteiger charge is 2.30. The van der Waals surface area contributed by atoms with Crippen LogP contribution in [0.2, 0.25) is 5.02 Å². The summed E-state index contributed by atoms with van der Waals surface area (Å²) >= 11 is 6.04. The van der Waals surface area contributed by atoms with E-state index in [1.54, 1.807) is 24.3 Å². The molecular weight excluding hydrogens is 531 g/mol. The fourth-order valence-corrected chi connectivity index (χ4v) is 6.39. The number of benzene rings is 2. The van der Waals surface area contributed by atoms with E-state index in [0.717, 1.165) is 18.4 Å². The van der Waals surface area contributed by atoms with Gasteiger partial charge in [-0.3, -0.25) is 4.79 Å². The molecule has 208 valence electrons. The fourth-order valence-electron chi connectivity index (χ4n) is 5.12. The van der Waals surface area contributed by atoms with Crippen molar-refractivity contribution in [2.45, 2.75) is 50.2 Å². The number of hydrogen-bond donors (Lipinski definition) is 3. The molecule has 0 bridgehead atoms. The van der Waals surface area contributed by atoms with Crippen molar-refractivity contribution in [2.75, 3.05) is 44.4 Å². The molecule has 2 heterocycles. The van der Waals surface area contributed by atoms with Gasteiger partial charge >= 0.3 is 0 Å². The third-order valence-corrected chi connectivity index (χ3v) is 8.74. The highest BCUT2D eigenvalue weighted by molar-refractivity contribution is 7.88. The van der Waals surface area contributed by atoms with Gasteiger partial charge in [0.1, 0.15) is 5.82 Å². The first kappa shape index (κ1) is 28.9. The van der Waals surface area contributed by atoms with Crippen molar-refractivity contribution in [3.05, 3.63) is 64.4 Å². The van der Waals surface area contributed by atoms with Crippen molar-refractivity contribution in [1.29, 1.82) is 0 Å². The smallest absolute Gasteiger partial charge is 0.241 e. The van der Waals surface area contributed by atoms with E-state index in [-0.39, 0.29) is 24.4 Å². The van der Waals surface area contributed by atoms with Crippen LogP contribution in [-0.2, 0) is 32.4 Å². The van der Waals surface area contributed by atoms with Gasteiger partial charge in [-0.05, 0) is 61.9 Å². The summed E-state index contributed by atoms with van der Waals surface area (Å²) in [5.74, 6) is -0.681. The van der Waals surface area contributed by atoms with Crippen LogP contribution >= 0.6 is 11.6 Å². The molecule has 2 saturated heterocycles. The Bertz CT molecular complexity index is 1190. The molecule has 0 unspecified atom stereocenters. The average Bonchev–Trinajstić information content (AvgIpc) is 2.89. The zero-order valence-electron chi connectivity index (χ0n) is 21.6. The maximum absolute atomic E-state index is 15.0. The number of rotatable bonds is 10. The summed E-state index contributed by atoms with van der Waals surface area (Å²) in [5.41, 5.74) is 1.73. The number of anilines is 1. The van der Waals surface area contributed by atoms with Crippen molar-refractivity contribution >= 4 is 33.2 Å². The van der Waals surface area contributed by atoms with Crippen LogP contribution < -0.4 is 16.0 Å². The molecule has 2 aliphatic heterocycles. The van der Waals surface area contributed by atoms with Crippen molar-refractivity contribution in [1.82, 2.24) is 14.9 Å². The van der Waals surface area contributed by atoms with Crippen molar-refractivity contribution in [3.63, 3.8) is 0 Å². The van der Waals surface area contributed by atoms with Gasteiger partial charge in [0.25, 0.3) is 0 Å². The summed E-state index contributed by atoms with van der Waals surface area (Å²) in [7, 11) is -3.37. The van der Waals surface area contributed by atoms with E-state index < -0.39 is 21.9 Å². The number of ether oxygens (including phenoxy) is 1. The van der Waals surface area contributed by atoms with Crippen LogP contribution in [0.15, 0.2) is 42.5 Å². The maximum Gasteiger partial charge on any atom is 0.241 e. The van der Waals surface area contributed by atoms with Crippen LogP contribution in [-0.4, -0.2) is 75.9 Å². The number of nitrogens with zero attached hydrogens (tertiary/aromatic N) is 1. The van der Waals surface area contributed by atoms with Crippen LogP contribution in [0, 0.1) is 5.82 Å². The molecule has 11 heteroatoms. The molecule has 8 nitrogen and oxygen atoms in total. The van der Waals surface area contributed by atoms with E-state index in [0.29, 0.717) is 62.0 Å². The number of carbonyl (C=O) groups is 1. The number of sulfonamides is 1. The molecule has 0 spiro atoms. The van der Waals surface area contributed by atoms with E-state index >= 15 is 4.39 Å². The lowest BCUT2D eigenvalue weighted by atomic mass is 10.00. The molecule has 2 aromatic carbocycles. The summed E-state index contributed by atoms with van der Waals surface area (Å²) < 4.78 is 46.4. The van der Waals surface area contributed by atoms with E-state index in [4.69, 9.17) is 16.3 Å². The van der Waals surface area contributed by atoms with Gasteiger partial charge in [0, 0.05) is 61.2 Å². The fraction of sp³-hybridized carbons (Fsp3) is 0.519. The predicted octanol–water partition coefficient (Wildman–Crippen LogP) is 2.96. The Hall–Kier alpha value is -2.08. The minimum atomic E-state index is -3.37. The van der Waals surface area contributed by atoms with Crippen LogP contribution in [0.25, 0.3) is 0 Å². The van der Waals surface area contributed by atoms with Crippen molar-refractivity contribution in [2.24, 2.45) is 0 Å². The van der Waals surface area contributed by atoms with Crippen molar-refractivity contribution < 1.29 is 22.3 Å². The second-order valence-corrected chi connectivity index (χ2v) is 12.3. The monoisotopic (exact) mass is 566 g/mol. The Morgan fingerprint density at radius 1 is 1.21 bits per heavy atom. The molecule has 38 heavy (non-hydrogen) atoms. The molecule has 4 rings (SSSR count). The SMILES string of the molecule is CS(=O)(=O)N1CCNC[C@@H]1CCc1c(F)cccc1NC(=O)[C@H](Cc1ccc(Cl)cc1)NC1CCOCC1. The van der Waals surface area contributed by atoms with E-state index in [9.17, 15) is 13.2 Å². The Morgan fingerprint density at radius 3 is 2.66 bits per heavy atom. The molecule has 3 N–H and O–H groups in total. The van der Waals surface area contributed by atoms with Gasteiger partial charge in [0.15, 0.2) is 0 Å². The first-order valence-electron chi connectivity index (χ1n) is 13.0. The lowest BCUT2D eigenvalue weighted by molar-refractivity contribution is -0.118. The summed E-state index contributed by atoms with van der Waals surface area (Å²) in [6.45, 7) is 2.75. The number of halogens is 2. The largest absolute Gasteiger partial charge is 0.381 e. The maximum atomic E-state index is 15.0. The first-order chi connectivity index (χ1) is 18.2. The highest BCUT2D eigenvalue weighted by atomic mass is 35.5. The van der Waals surface area contributed by atoms with Gasteiger partial charge in [0.2, 0.25) is 15.9 Å². The molecule has 2 aliphatic rings. The number of carbonyl (C=O) groups excluding carboxylic acids is 1. The molecular formula is C27H36ClFN4O4S. The van der Waals surface area contributed by atoms with Crippen LogP contribution in [0.3, 0.4) is 0 Å². The third-order valence-electron chi connectivity index (χ3n) is 7.15. The molecule has 2 aromatic rings. The van der Waals surface area contributed by atoms with Gasteiger partial charge in [0.05, 0.1) is 12.3 Å². The van der Waals surface area contributed by atoms with E-state index in [2.05, 4.69) is 16.0 Å². The molecule has 0 aromatic heterocycles. The zero-order chi connectivity index (χ0) is 27.1. The average molecular weight is 567 g/mol. The molecule has 0 radical (unpaired) electrons. The Kier molecular flexibility index (Phi) is 10.1.